The van der Waals surface area contributed by atoms with Gasteiger partial charge in [-0.25, -0.2) is 9.97 Å². The molecule has 1 saturated heterocycles. The van der Waals surface area contributed by atoms with Crippen LogP contribution in [0.5, 0.6) is 0 Å². The summed E-state index contributed by atoms with van der Waals surface area (Å²) in [4.78, 5) is 8.66. The van der Waals surface area contributed by atoms with Crippen molar-refractivity contribution in [3.05, 3.63) is 11.9 Å². The summed E-state index contributed by atoms with van der Waals surface area (Å²) < 4.78 is 5.34. The topological polar surface area (TPSA) is 93.3 Å². The van der Waals surface area contributed by atoms with Crippen LogP contribution in [-0.4, -0.2) is 40.4 Å². The second-order valence-corrected chi connectivity index (χ2v) is 5.02. The first kappa shape index (κ1) is 14.0. The summed E-state index contributed by atoms with van der Waals surface area (Å²) in [5, 5.41) is 13.0. The molecular weight excluding hydrogens is 244 g/mol. The molecular formula is C13H22N4O2. The fourth-order valence-electron chi connectivity index (χ4n) is 2.27. The fraction of sp³-hybridized carbons (Fsp3) is 0.692. The lowest BCUT2D eigenvalue weighted by Gasteiger charge is -2.36. The lowest BCUT2D eigenvalue weighted by atomic mass is 9.91. The Morgan fingerprint density at radius 2 is 2.16 bits per heavy atom. The van der Waals surface area contributed by atoms with Crippen LogP contribution < -0.4 is 11.1 Å². The van der Waals surface area contributed by atoms with Gasteiger partial charge >= 0.3 is 0 Å². The van der Waals surface area contributed by atoms with E-state index in [1.54, 1.807) is 6.07 Å². The molecule has 0 atom stereocenters. The van der Waals surface area contributed by atoms with Crippen LogP contribution in [0.25, 0.3) is 0 Å². The van der Waals surface area contributed by atoms with Crippen LogP contribution in [-0.2, 0) is 11.2 Å². The molecule has 1 aromatic heterocycles. The molecule has 19 heavy (non-hydrogen) atoms. The number of ether oxygens (including phenoxy) is 1. The first-order valence-corrected chi connectivity index (χ1v) is 6.78. The molecule has 6 heteroatoms. The van der Waals surface area contributed by atoms with Gasteiger partial charge < -0.3 is 20.9 Å². The maximum absolute atomic E-state index is 9.65. The minimum absolute atomic E-state index is 0.0589. The van der Waals surface area contributed by atoms with Crippen LogP contribution in [0.15, 0.2) is 6.07 Å². The first-order chi connectivity index (χ1) is 9.17. The maximum Gasteiger partial charge on any atom is 0.133 e. The average Bonchev–Trinajstić information content (AvgIpc) is 2.39. The number of hydrogen-bond acceptors (Lipinski definition) is 6. The summed E-state index contributed by atoms with van der Waals surface area (Å²) in [5.74, 6) is 1.89. The molecule has 0 amide bonds. The highest BCUT2D eigenvalue weighted by Gasteiger charge is 2.32. The number of nitrogen functional groups attached to an aromatic ring is 1. The zero-order chi connectivity index (χ0) is 13.7. The number of anilines is 2. The molecule has 0 radical (unpaired) electrons. The second kappa shape index (κ2) is 6.16. The van der Waals surface area contributed by atoms with Crippen molar-refractivity contribution >= 4 is 11.6 Å². The standard InChI is InChI=1S/C13H22N4O2/c1-2-3-11-15-10(14)8-12(16-11)17-13(9-18)4-6-19-7-5-13/h8,18H,2-7,9H2,1H3,(H3,14,15,16,17). The SMILES string of the molecule is CCCc1nc(N)cc(NC2(CO)CCOCC2)n1. The Balaban J connectivity index is 2.16. The van der Waals surface area contributed by atoms with Gasteiger partial charge in [0.05, 0.1) is 12.1 Å². The van der Waals surface area contributed by atoms with Gasteiger partial charge in [-0.05, 0) is 19.3 Å². The summed E-state index contributed by atoms with van der Waals surface area (Å²) in [6.07, 6.45) is 3.30. The normalized spacial score (nSPS) is 18.2. The lowest BCUT2D eigenvalue weighted by Crippen LogP contribution is -2.47. The Hall–Kier alpha value is -1.40. The number of nitrogens with two attached hydrogens (primary N) is 1. The molecule has 0 saturated carbocycles. The van der Waals surface area contributed by atoms with E-state index in [0.29, 0.717) is 24.8 Å². The molecule has 0 aliphatic carbocycles. The fourth-order valence-corrected chi connectivity index (χ4v) is 2.27. The van der Waals surface area contributed by atoms with Crippen LogP contribution >= 0.6 is 0 Å². The van der Waals surface area contributed by atoms with Crippen LogP contribution in [0, 0.1) is 0 Å². The van der Waals surface area contributed by atoms with Gasteiger partial charge in [-0.1, -0.05) is 6.92 Å². The van der Waals surface area contributed by atoms with Crippen LogP contribution in [0.3, 0.4) is 0 Å². The number of rotatable bonds is 5. The van der Waals surface area contributed by atoms with E-state index in [1.165, 1.54) is 0 Å². The van der Waals surface area contributed by atoms with Crippen molar-refractivity contribution in [1.29, 1.82) is 0 Å². The number of nitrogens with zero attached hydrogens (tertiary/aromatic N) is 2. The summed E-state index contributed by atoms with van der Waals surface area (Å²) in [6.45, 7) is 3.43. The minimum Gasteiger partial charge on any atom is -0.394 e. The molecule has 2 rings (SSSR count). The maximum atomic E-state index is 9.65. The number of aliphatic hydroxyl groups excluding tert-OH is 1. The summed E-state index contributed by atoms with van der Waals surface area (Å²) in [6, 6.07) is 1.71. The van der Waals surface area contributed by atoms with Crippen LogP contribution in [0.4, 0.5) is 11.6 Å². The third kappa shape index (κ3) is 3.54. The number of nitrogens with one attached hydrogen (secondary N) is 1. The average molecular weight is 266 g/mol. The Kier molecular flexibility index (Phi) is 4.55. The van der Waals surface area contributed by atoms with Crippen molar-refractivity contribution in [1.82, 2.24) is 9.97 Å². The molecule has 0 bridgehead atoms. The second-order valence-electron chi connectivity index (χ2n) is 5.02. The van der Waals surface area contributed by atoms with Gasteiger partial charge in [0, 0.05) is 25.7 Å². The van der Waals surface area contributed by atoms with Crippen molar-refractivity contribution in [3.8, 4) is 0 Å². The Morgan fingerprint density at radius 3 is 2.79 bits per heavy atom. The monoisotopic (exact) mass is 266 g/mol. The molecule has 2 heterocycles. The molecule has 0 spiro atoms. The van der Waals surface area contributed by atoms with Gasteiger partial charge in [-0.3, -0.25) is 0 Å². The largest absolute Gasteiger partial charge is 0.394 e. The van der Waals surface area contributed by atoms with E-state index in [2.05, 4.69) is 22.2 Å². The molecule has 1 aliphatic rings. The third-order valence-corrected chi connectivity index (χ3v) is 3.41. The molecule has 1 aliphatic heterocycles. The quantitative estimate of drug-likeness (QED) is 0.735. The predicted octanol–water partition coefficient (Wildman–Crippen LogP) is 0.965. The molecule has 1 fully saturated rings. The van der Waals surface area contributed by atoms with Gasteiger partial charge in [-0.2, -0.15) is 0 Å². The number of aryl methyl sites for hydroxylation is 1. The van der Waals surface area contributed by atoms with Gasteiger partial charge in [0.25, 0.3) is 0 Å². The van der Waals surface area contributed by atoms with Crippen molar-refractivity contribution in [3.63, 3.8) is 0 Å². The highest BCUT2D eigenvalue weighted by Crippen LogP contribution is 2.25. The number of aliphatic hydroxyl groups is 1. The van der Waals surface area contributed by atoms with Crippen LogP contribution in [0.1, 0.15) is 32.0 Å². The van der Waals surface area contributed by atoms with Gasteiger partial charge in [0.2, 0.25) is 0 Å². The minimum atomic E-state index is -0.359. The summed E-state index contributed by atoms with van der Waals surface area (Å²) in [7, 11) is 0. The number of hydrogen-bond donors (Lipinski definition) is 3. The molecule has 106 valence electrons. The van der Waals surface area contributed by atoms with E-state index in [-0.39, 0.29) is 12.1 Å². The lowest BCUT2D eigenvalue weighted by molar-refractivity contribution is 0.0378. The van der Waals surface area contributed by atoms with Crippen molar-refractivity contribution in [2.24, 2.45) is 0 Å². The molecule has 0 aromatic carbocycles. The van der Waals surface area contributed by atoms with Gasteiger partial charge in [-0.15, -0.1) is 0 Å². The van der Waals surface area contributed by atoms with E-state index in [4.69, 9.17) is 10.5 Å². The highest BCUT2D eigenvalue weighted by molar-refractivity contribution is 5.46. The van der Waals surface area contributed by atoms with Crippen LogP contribution in [0.2, 0.25) is 0 Å². The Labute approximate surface area is 113 Å². The predicted molar refractivity (Wildman–Crippen MR) is 73.9 cm³/mol. The van der Waals surface area contributed by atoms with Gasteiger partial charge in [0.1, 0.15) is 17.5 Å². The summed E-state index contributed by atoms with van der Waals surface area (Å²) >= 11 is 0. The zero-order valence-electron chi connectivity index (χ0n) is 11.4. The van der Waals surface area contributed by atoms with Crippen molar-refractivity contribution in [2.45, 2.75) is 38.1 Å². The van der Waals surface area contributed by atoms with E-state index >= 15 is 0 Å². The van der Waals surface area contributed by atoms with E-state index in [9.17, 15) is 5.11 Å². The number of aromatic nitrogens is 2. The van der Waals surface area contributed by atoms with Crippen molar-refractivity contribution < 1.29 is 9.84 Å². The molecule has 4 N–H and O–H groups in total. The van der Waals surface area contributed by atoms with Gasteiger partial charge in [0.15, 0.2) is 0 Å². The highest BCUT2D eigenvalue weighted by atomic mass is 16.5. The molecule has 1 aromatic rings. The molecule has 0 unspecified atom stereocenters. The zero-order valence-corrected chi connectivity index (χ0v) is 11.4. The Morgan fingerprint density at radius 1 is 1.42 bits per heavy atom. The van der Waals surface area contributed by atoms with Crippen molar-refractivity contribution in [2.75, 3.05) is 30.9 Å². The van der Waals surface area contributed by atoms with E-state index in [1.807, 2.05) is 0 Å². The summed E-state index contributed by atoms with van der Waals surface area (Å²) in [5.41, 5.74) is 5.44. The third-order valence-electron chi connectivity index (χ3n) is 3.41. The molecule has 6 nitrogen and oxygen atoms in total. The van der Waals surface area contributed by atoms with E-state index in [0.717, 1.165) is 31.5 Å². The van der Waals surface area contributed by atoms with E-state index < -0.39 is 0 Å². The smallest absolute Gasteiger partial charge is 0.133 e. The Bertz CT molecular complexity index is 419. The first-order valence-electron chi connectivity index (χ1n) is 6.78.